The van der Waals surface area contributed by atoms with Gasteiger partial charge in [-0.3, -0.25) is 4.79 Å². The zero-order chi connectivity index (χ0) is 12.5. The number of carboxylic acids is 1. The van der Waals surface area contributed by atoms with Gasteiger partial charge in [-0.05, 0) is 36.1 Å². The van der Waals surface area contributed by atoms with E-state index in [1.54, 1.807) is 0 Å². The van der Waals surface area contributed by atoms with Crippen molar-refractivity contribution in [3.63, 3.8) is 0 Å². The van der Waals surface area contributed by atoms with Crippen molar-refractivity contribution in [1.82, 2.24) is 5.32 Å². The molecule has 1 aromatic carbocycles. The maximum atomic E-state index is 10.5. The van der Waals surface area contributed by atoms with Crippen LogP contribution in [0, 0.1) is 0 Å². The summed E-state index contributed by atoms with van der Waals surface area (Å²) in [5, 5.41) is 12.0. The summed E-state index contributed by atoms with van der Waals surface area (Å²) in [5.74, 6) is 0.401. The second-order valence-electron chi connectivity index (χ2n) is 3.91. The summed E-state index contributed by atoms with van der Waals surface area (Å²) in [6, 6.07) is 7.74. The van der Waals surface area contributed by atoms with E-state index in [1.807, 2.05) is 36.0 Å². The van der Waals surface area contributed by atoms with Crippen molar-refractivity contribution in [3.8, 4) is 0 Å². The molecule has 0 radical (unpaired) electrons. The first-order valence-electron chi connectivity index (χ1n) is 5.71. The number of carboxylic acid groups (broad SMARTS) is 1. The maximum absolute atomic E-state index is 10.5. The highest BCUT2D eigenvalue weighted by Crippen LogP contribution is 2.05. The Morgan fingerprint density at radius 1 is 1.29 bits per heavy atom. The molecular weight excluding hydrogens is 234 g/mol. The highest BCUT2D eigenvalue weighted by molar-refractivity contribution is 7.98. The second kappa shape index (κ2) is 8.14. The zero-order valence-electron chi connectivity index (χ0n) is 10.1. The first kappa shape index (κ1) is 14.1. The summed E-state index contributed by atoms with van der Waals surface area (Å²) in [7, 11) is 0. The standard InChI is InChI=1S/C13H19NO2S/c1-17-8-2-7-14-10-12-5-3-11(4-6-12)9-13(15)16/h3-6,14H,2,7-10H2,1H3,(H,15,16). The van der Waals surface area contributed by atoms with Gasteiger partial charge in [0.05, 0.1) is 6.42 Å². The summed E-state index contributed by atoms with van der Waals surface area (Å²) in [4.78, 5) is 10.5. The van der Waals surface area contributed by atoms with Gasteiger partial charge in [0, 0.05) is 6.54 Å². The number of hydrogen-bond donors (Lipinski definition) is 2. The fraction of sp³-hybridized carbons (Fsp3) is 0.462. The number of hydrogen-bond acceptors (Lipinski definition) is 3. The average Bonchev–Trinajstić information content (AvgIpc) is 2.30. The van der Waals surface area contributed by atoms with Gasteiger partial charge in [-0.15, -0.1) is 0 Å². The lowest BCUT2D eigenvalue weighted by Crippen LogP contribution is -2.15. The van der Waals surface area contributed by atoms with E-state index in [1.165, 1.54) is 17.7 Å². The van der Waals surface area contributed by atoms with E-state index in [9.17, 15) is 4.79 Å². The van der Waals surface area contributed by atoms with E-state index in [4.69, 9.17) is 5.11 Å². The molecule has 0 unspecified atom stereocenters. The second-order valence-corrected chi connectivity index (χ2v) is 4.90. The van der Waals surface area contributed by atoms with Crippen LogP contribution in [0.15, 0.2) is 24.3 Å². The van der Waals surface area contributed by atoms with Crippen LogP contribution in [0.5, 0.6) is 0 Å². The molecular formula is C13H19NO2S. The predicted molar refractivity (Wildman–Crippen MR) is 72.5 cm³/mol. The molecule has 4 heteroatoms. The van der Waals surface area contributed by atoms with Crippen molar-refractivity contribution in [1.29, 1.82) is 0 Å². The van der Waals surface area contributed by atoms with Crippen LogP contribution in [0.4, 0.5) is 0 Å². The van der Waals surface area contributed by atoms with Crippen LogP contribution < -0.4 is 5.32 Å². The molecule has 94 valence electrons. The van der Waals surface area contributed by atoms with Crippen LogP contribution >= 0.6 is 11.8 Å². The minimum atomic E-state index is -0.784. The molecule has 0 aliphatic rings. The van der Waals surface area contributed by atoms with Crippen molar-refractivity contribution in [2.24, 2.45) is 0 Å². The van der Waals surface area contributed by atoms with E-state index in [0.29, 0.717) is 0 Å². The predicted octanol–water partition coefficient (Wildman–Crippen LogP) is 2.16. The van der Waals surface area contributed by atoms with Crippen molar-refractivity contribution in [2.75, 3.05) is 18.6 Å². The Morgan fingerprint density at radius 2 is 1.94 bits per heavy atom. The van der Waals surface area contributed by atoms with Gasteiger partial charge < -0.3 is 10.4 Å². The molecule has 0 spiro atoms. The average molecular weight is 253 g/mol. The van der Waals surface area contributed by atoms with Gasteiger partial charge in [0.2, 0.25) is 0 Å². The van der Waals surface area contributed by atoms with Crippen LogP contribution in [0.1, 0.15) is 17.5 Å². The number of rotatable bonds is 8. The van der Waals surface area contributed by atoms with Crippen LogP contribution in [0.25, 0.3) is 0 Å². The molecule has 1 aromatic rings. The third-order valence-corrected chi connectivity index (χ3v) is 3.11. The number of aliphatic carboxylic acids is 1. The molecule has 0 saturated heterocycles. The highest BCUT2D eigenvalue weighted by Gasteiger charge is 1.99. The molecule has 0 aromatic heterocycles. The summed E-state index contributed by atoms with van der Waals surface area (Å²) >= 11 is 1.86. The van der Waals surface area contributed by atoms with Crippen molar-refractivity contribution in [2.45, 2.75) is 19.4 Å². The molecule has 1 rings (SSSR count). The quantitative estimate of drug-likeness (QED) is 0.697. The maximum Gasteiger partial charge on any atom is 0.307 e. The minimum Gasteiger partial charge on any atom is -0.481 e. The third kappa shape index (κ3) is 6.34. The minimum absolute atomic E-state index is 0.0986. The summed E-state index contributed by atoms with van der Waals surface area (Å²) in [6.07, 6.45) is 3.39. The Morgan fingerprint density at radius 3 is 2.53 bits per heavy atom. The first-order chi connectivity index (χ1) is 8.22. The molecule has 2 N–H and O–H groups in total. The fourth-order valence-corrected chi connectivity index (χ4v) is 1.96. The lowest BCUT2D eigenvalue weighted by Gasteiger charge is -2.05. The Labute approximate surface area is 107 Å². The molecule has 0 bridgehead atoms. The third-order valence-electron chi connectivity index (χ3n) is 2.41. The first-order valence-corrected chi connectivity index (χ1v) is 7.11. The van der Waals surface area contributed by atoms with Gasteiger partial charge in [-0.25, -0.2) is 0 Å². The smallest absolute Gasteiger partial charge is 0.307 e. The molecule has 3 nitrogen and oxygen atoms in total. The highest BCUT2D eigenvalue weighted by atomic mass is 32.2. The van der Waals surface area contributed by atoms with Gasteiger partial charge in [-0.2, -0.15) is 11.8 Å². The Balaban J connectivity index is 2.28. The summed E-state index contributed by atoms with van der Waals surface area (Å²) in [6.45, 7) is 1.87. The van der Waals surface area contributed by atoms with E-state index >= 15 is 0 Å². The number of nitrogens with one attached hydrogen (secondary N) is 1. The van der Waals surface area contributed by atoms with E-state index < -0.39 is 5.97 Å². The van der Waals surface area contributed by atoms with Crippen LogP contribution in [-0.2, 0) is 17.8 Å². The van der Waals surface area contributed by atoms with Gasteiger partial charge in [0.15, 0.2) is 0 Å². The van der Waals surface area contributed by atoms with E-state index in [-0.39, 0.29) is 6.42 Å². The molecule has 0 heterocycles. The molecule has 0 saturated carbocycles. The Kier molecular flexibility index (Phi) is 6.74. The van der Waals surface area contributed by atoms with Gasteiger partial charge in [-0.1, -0.05) is 24.3 Å². The van der Waals surface area contributed by atoms with Crippen molar-refractivity contribution in [3.05, 3.63) is 35.4 Å². The lowest BCUT2D eigenvalue weighted by molar-refractivity contribution is -0.136. The molecule has 0 atom stereocenters. The molecule has 0 amide bonds. The van der Waals surface area contributed by atoms with Crippen molar-refractivity contribution < 1.29 is 9.90 Å². The SMILES string of the molecule is CSCCCNCc1ccc(CC(=O)O)cc1. The summed E-state index contributed by atoms with van der Waals surface area (Å²) in [5.41, 5.74) is 2.05. The van der Waals surface area contributed by atoms with Crippen molar-refractivity contribution >= 4 is 17.7 Å². The molecule has 0 aliphatic carbocycles. The van der Waals surface area contributed by atoms with Gasteiger partial charge >= 0.3 is 5.97 Å². The normalized spacial score (nSPS) is 10.4. The summed E-state index contributed by atoms with van der Waals surface area (Å²) < 4.78 is 0. The number of thioether (sulfide) groups is 1. The molecule has 0 fully saturated rings. The van der Waals surface area contributed by atoms with Crippen LogP contribution in [0.3, 0.4) is 0 Å². The molecule has 0 aliphatic heterocycles. The topological polar surface area (TPSA) is 49.3 Å². The van der Waals surface area contributed by atoms with Gasteiger partial charge in [0.1, 0.15) is 0 Å². The van der Waals surface area contributed by atoms with Crippen LogP contribution in [0.2, 0.25) is 0 Å². The monoisotopic (exact) mass is 253 g/mol. The molecule has 17 heavy (non-hydrogen) atoms. The zero-order valence-corrected chi connectivity index (χ0v) is 10.9. The van der Waals surface area contributed by atoms with Gasteiger partial charge in [0.25, 0.3) is 0 Å². The number of carbonyl (C=O) groups is 1. The Hall–Kier alpha value is -1.00. The van der Waals surface area contributed by atoms with E-state index in [0.717, 1.165) is 18.7 Å². The van der Waals surface area contributed by atoms with Crippen LogP contribution in [-0.4, -0.2) is 29.6 Å². The fourth-order valence-electron chi connectivity index (χ4n) is 1.52. The lowest BCUT2D eigenvalue weighted by atomic mass is 10.1. The number of benzene rings is 1. The Bertz CT molecular complexity index is 338. The van der Waals surface area contributed by atoms with E-state index in [2.05, 4.69) is 11.6 Å². The largest absolute Gasteiger partial charge is 0.481 e.